The van der Waals surface area contributed by atoms with Crippen LogP contribution >= 0.6 is 0 Å². The Labute approximate surface area is 114 Å². The highest BCUT2D eigenvalue weighted by Gasteiger charge is 2.35. The van der Waals surface area contributed by atoms with Crippen molar-refractivity contribution < 1.29 is 19.1 Å². The minimum atomic E-state index is -0.535. The first kappa shape index (κ1) is 15.9. The third kappa shape index (κ3) is 5.16. The zero-order valence-electron chi connectivity index (χ0n) is 12.1. The Kier molecular flexibility index (Phi) is 5.31. The molecule has 0 aromatic heterocycles. The summed E-state index contributed by atoms with van der Waals surface area (Å²) in [6, 6.07) is -0.484. The smallest absolute Gasteiger partial charge is 0.325 e. The molecule has 1 aliphatic rings. The number of methoxy groups -OCH3 is 1. The van der Waals surface area contributed by atoms with Crippen LogP contribution in [0.4, 0.5) is 0 Å². The number of ether oxygens (including phenoxy) is 2. The summed E-state index contributed by atoms with van der Waals surface area (Å²) in [4.78, 5) is 23.3. The van der Waals surface area contributed by atoms with Crippen molar-refractivity contribution in [2.45, 2.75) is 51.7 Å². The van der Waals surface area contributed by atoms with Gasteiger partial charge in [0.2, 0.25) is 0 Å². The Morgan fingerprint density at radius 3 is 2.53 bits per heavy atom. The molecular formula is C13H24N2O4. The van der Waals surface area contributed by atoms with E-state index in [1.807, 2.05) is 20.8 Å². The van der Waals surface area contributed by atoms with E-state index in [-0.39, 0.29) is 17.9 Å². The van der Waals surface area contributed by atoms with E-state index in [2.05, 4.69) is 4.74 Å². The molecule has 1 fully saturated rings. The zero-order chi connectivity index (χ0) is 14.6. The molecule has 19 heavy (non-hydrogen) atoms. The molecule has 0 aromatic rings. The van der Waals surface area contributed by atoms with Crippen molar-refractivity contribution in [3.8, 4) is 0 Å². The standard InChI is InChI=1S/C13H24N2O4/c1-13(2,3)19-12(17)10-7-9(5-6-15(10)14)8-11(16)18-4/h9-10H,5-8,14H2,1-4H3/t9?,10-/m1/s1. The van der Waals surface area contributed by atoms with E-state index in [1.54, 1.807) is 0 Å². The first-order chi connectivity index (χ1) is 8.73. The summed E-state index contributed by atoms with van der Waals surface area (Å²) in [7, 11) is 1.37. The monoisotopic (exact) mass is 272 g/mol. The summed E-state index contributed by atoms with van der Waals surface area (Å²) in [5.41, 5.74) is -0.535. The molecule has 2 atom stereocenters. The maximum Gasteiger partial charge on any atom is 0.325 e. The lowest BCUT2D eigenvalue weighted by atomic mass is 9.89. The third-order valence-electron chi connectivity index (χ3n) is 3.11. The van der Waals surface area contributed by atoms with E-state index < -0.39 is 11.6 Å². The highest BCUT2D eigenvalue weighted by Crippen LogP contribution is 2.25. The molecule has 1 saturated heterocycles. The summed E-state index contributed by atoms with van der Waals surface area (Å²) < 4.78 is 10.0. The van der Waals surface area contributed by atoms with Crippen molar-refractivity contribution >= 4 is 11.9 Å². The predicted molar refractivity (Wildman–Crippen MR) is 69.9 cm³/mol. The van der Waals surface area contributed by atoms with Gasteiger partial charge in [-0.1, -0.05) is 0 Å². The molecule has 110 valence electrons. The molecule has 1 unspecified atom stereocenters. The topological polar surface area (TPSA) is 81.9 Å². The fourth-order valence-electron chi connectivity index (χ4n) is 2.16. The van der Waals surface area contributed by atoms with Crippen LogP contribution in [0.15, 0.2) is 0 Å². The van der Waals surface area contributed by atoms with Gasteiger partial charge >= 0.3 is 11.9 Å². The van der Waals surface area contributed by atoms with E-state index in [9.17, 15) is 9.59 Å². The van der Waals surface area contributed by atoms with E-state index in [0.29, 0.717) is 19.4 Å². The second kappa shape index (κ2) is 6.34. The molecular weight excluding hydrogens is 248 g/mol. The van der Waals surface area contributed by atoms with Crippen LogP contribution in [0, 0.1) is 5.92 Å². The van der Waals surface area contributed by atoms with Gasteiger partial charge in [0.1, 0.15) is 11.6 Å². The number of hydrogen-bond donors (Lipinski definition) is 1. The van der Waals surface area contributed by atoms with Gasteiger partial charge in [-0.2, -0.15) is 0 Å². The first-order valence-electron chi connectivity index (χ1n) is 6.54. The van der Waals surface area contributed by atoms with Gasteiger partial charge in [0.25, 0.3) is 0 Å². The van der Waals surface area contributed by atoms with E-state index >= 15 is 0 Å². The Morgan fingerprint density at radius 1 is 1.37 bits per heavy atom. The van der Waals surface area contributed by atoms with Gasteiger partial charge in [0, 0.05) is 13.0 Å². The van der Waals surface area contributed by atoms with E-state index in [0.717, 1.165) is 6.42 Å². The highest BCUT2D eigenvalue weighted by molar-refractivity contribution is 5.76. The van der Waals surface area contributed by atoms with Crippen LogP contribution in [0.2, 0.25) is 0 Å². The SMILES string of the molecule is COC(=O)CC1CCN(N)[C@@H](C(=O)OC(C)(C)C)C1. The molecule has 1 heterocycles. The first-order valence-corrected chi connectivity index (χ1v) is 6.54. The molecule has 0 radical (unpaired) electrons. The maximum atomic E-state index is 12.1. The van der Waals surface area contributed by atoms with Gasteiger partial charge < -0.3 is 9.47 Å². The number of piperidine rings is 1. The second-order valence-corrected chi connectivity index (χ2v) is 5.96. The van der Waals surface area contributed by atoms with Crippen LogP contribution in [-0.2, 0) is 19.1 Å². The quantitative estimate of drug-likeness (QED) is 0.606. The Balaban J connectivity index is 2.60. The second-order valence-electron chi connectivity index (χ2n) is 5.96. The number of nitrogens with zero attached hydrogens (tertiary/aromatic N) is 1. The van der Waals surface area contributed by atoms with Crippen molar-refractivity contribution in [1.82, 2.24) is 5.01 Å². The molecule has 0 saturated carbocycles. The maximum absolute atomic E-state index is 12.1. The van der Waals surface area contributed by atoms with Crippen LogP contribution in [0.1, 0.15) is 40.0 Å². The largest absolute Gasteiger partial charge is 0.469 e. The van der Waals surface area contributed by atoms with Crippen molar-refractivity contribution in [3.05, 3.63) is 0 Å². The van der Waals surface area contributed by atoms with Gasteiger partial charge in [-0.15, -0.1) is 0 Å². The van der Waals surface area contributed by atoms with Gasteiger partial charge in [-0.25, -0.2) is 5.01 Å². The minimum Gasteiger partial charge on any atom is -0.469 e. The fourth-order valence-corrected chi connectivity index (χ4v) is 2.16. The number of esters is 2. The number of nitrogens with two attached hydrogens (primary N) is 1. The normalized spacial score (nSPS) is 24.9. The van der Waals surface area contributed by atoms with Crippen LogP contribution in [0.25, 0.3) is 0 Å². The average molecular weight is 272 g/mol. The predicted octanol–water partition coefficient (Wildman–Crippen LogP) is 0.846. The number of carbonyl (C=O) groups excluding carboxylic acids is 2. The van der Waals surface area contributed by atoms with Gasteiger partial charge in [0.05, 0.1) is 7.11 Å². The molecule has 6 nitrogen and oxygen atoms in total. The van der Waals surface area contributed by atoms with Crippen molar-refractivity contribution in [1.29, 1.82) is 0 Å². The van der Waals surface area contributed by atoms with Crippen molar-refractivity contribution in [2.75, 3.05) is 13.7 Å². The Bertz CT molecular complexity index is 338. The summed E-state index contributed by atoms with van der Waals surface area (Å²) in [6.07, 6.45) is 1.63. The molecule has 0 spiro atoms. The molecule has 1 rings (SSSR count). The van der Waals surface area contributed by atoms with Gasteiger partial charge in [-0.3, -0.25) is 15.4 Å². The number of hydrogen-bond acceptors (Lipinski definition) is 6. The van der Waals surface area contributed by atoms with Gasteiger partial charge in [0.15, 0.2) is 0 Å². The molecule has 2 N–H and O–H groups in total. The average Bonchev–Trinajstić information content (AvgIpc) is 2.29. The molecule has 0 amide bonds. The number of rotatable bonds is 3. The Hall–Kier alpha value is -1.14. The summed E-state index contributed by atoms with van der Waals surface area (Å²) in [5.74, 6) is 5.38. The van der Waals surface area contributed by atoms with Crippen LogP contribution in [-0.4, -0.2) is 42.2 Å². The third-order valence-corrected chi connectivity index (χ3v) is 3.11. The minimum absolute atomic E-state index is 0.116. The fraction of sp³-hybridized carbons (Fsp3) is 0.846. The van der Waals surface area contributed by atoms with Crippen LogP contribution in [0.5, 0.6) is 0 Å². The summed E-state index contributed by atoms with van der Waals surface area (Å²) in [6.45, 7) is 6.03. The number of carbonyl (C=O) groups is 2. The molecule has 0 aromatic carbocycles. The summed E-state index contributed by atoms with van der Waals surface area (Å²) in [5, 5.41) is 1.50. The lowest BCUT2D eigenvalue weighted by molar-refractivity contribution is -0.164. The molecule has 1 aliphatic heterocycles. The molecule has 0 bridgehead atoms. The van der Waals surface area contributed by atoms with Crippen molar-refractivity contribution in [2.24, 2.45) is 11.8 Å². The lowest BCUT2D eigenvalue weighted by Crippen LogP contribution is -2.52. The van der Waals surface area contributed by atoms with E-state index in [4.69, 9.17) is 10.6 Å². The Morgan fingerprint density at radius 2 is 2.00 bits per heavy atom. The van der Waals surface area contributed by atoms with Crippen LogP contribution < -0.4 is 5.84 Å². The zero-order valence-corrected chi connectivity index (χ0v) is 12.1. The highest BCUT2D eigenvalue weighted by atomic mass is 16.6. The molecule has 6 heteroatoms. The molecule has 0 aliphatic carbocycles. The lowest BCUT2D eigenvalue weighted by Gasteiger charge is -2.36. The van der Waals surface area contributed by atoms with Gasteiger partial charge in [-0.05, 0) is 39.5 Å². The van der Waals surface area contributed by atoms with Crippen LogP contribution in [0.3, 0.4) is 0 Å². The number of hydrazine groups is 1. The van der Waals surface area contributed by atoms with Crippen molar-refractivity contribution in [3.63, 3.8) is 0 Å². The van der Waals surface area contributed by atoms with E-state index in [1.165, 1.54) is 12.1 Å². The summed E-state index contributed by atoms with van der Waals surface area (Å²) >= 11 is 0.